The van der Waals surface area contributed by atoms with E-state index in [2.05, 4.69) is 22.4 Å². The Morgan fingerprint density at radius 3 is 2.68 bits per heavy atom. The van der Waals surface area contributed by atoms with Gasteiger partial charge >= 0.3 is 13.8 Å². The molecule has 1 amide bonds. The number of nitrogens with one attached hydrogen (secondary N) is 2. The predicted molar refractivity (Wildman–Crippen MR) is 107 cm³/mol. The van der Waals surface area contributed by atoms with Crippen LogP contribution in [0.4, 0.5) is 4.79 Å². The Morgan fingerprint density at radius 1 is 1.29 bits per heavy atom. The highest BCUT2D eigenvalue weighted by molar-refractivity contribution is 7.51. The van der Waals surface area contributed by atoms with Gasteiger partial charge in [-0.1, -0.05) is 6.07 Å². The predicted octanol–water partition coefficient (Wildman–Crippen LogP) is 3.47. The fraction of sp³-hybridized carbons (Fsp3) is 0.526. The molecular weight excluding hydrogens is 381 g/mol. The summed E-state index contributed by atoms with van der Waals surface area (Å²) in [6.07, 6.45) is 3.04. The highest BCUT2D eigenvalue weighted by Gasteiger charge is 2.29. The number of hydrogen-bond acceptors (Lipinski definition) is 5. The van der Waals surface area contributed by atoms with Gasteiger partial charge in [-0.25, -0.2) is 14.0 Å². The molecule has 0 radical (unpaired) electrons. The average molecular weight is 409 g/mol. The highest BCUT2D eigenvalue weighted by atomic mass is 31.2. The number of fused-ring (bicyclic) bond motifs is 1. The number of amides is 1. The van der Waals surface area contributed by atoms with Gasteiger partial charge in [-0.05, 0) is 57.0 Å². The SMILES string of the molecule is CCOP(=O)(OCC)N(C)CCc1c[nH]c2ccc(CC3COC(=O)N3)cc12. The molecule has 1 aliphatic heterocycles. The molecule has 0 aliphatic carbocycles. The second kappa shape index (κ2) is 9.09. The zero-order valence-electron chi connectivity index (χ0n) is 16.6. The summed E-state index contributed by atoms with van der Waals surface area (Å²) in [5.41, 5.74) is 3.31. The minimum atomic E-state index is -3.26. The van der Waals surface area contributed by atoms with Crippen molar-refractivity contribution in [1.82, 2.24) is 15.0 Å². The molecule has 1 unspecified atom stereocenters. The van der Waals surface area contributed by atoms with E-state index in [4.69, 9.17) is 13.8 Å². The van der Waals surface area contributed by atoms with Gasteiger partial charge in [-0.3, -0.25) is 9.05 Å². The maximum Gasteiger partial charge on any atom is 0.407 e. The van der Waals surface area contributed by atoms with Gasteiger partial charge in [0.15, 0.2) is 0 Å². The van der Waals surface area contributed by atoms with Crippen LogP contribution in [0.5, 0.6) is 0 Å². The van der Waals surface area contributed by atoms with E-state index < -0.39 is 7.75 Å². The van der Waals surface area contributed by atoms with Crippen LogP contribution in [-0.2, 0) is 31.2 Å². The van der Waals surface area contributed by atoms with Gasteiger partial charge in [-0.2, -0.15) is 0 Å². The molecule has 154 valence electrons. The fourth-order valence-corrected chi connectivity index (χ4v) is 4.81. The van der Waals surface area contributed by atoms with Crippen LogP contribution in [0.3, 0.4) is 0 Å². The van der Waals surface area contributed by atoms with Crippen molar-refractivity contribution in [1.29, 1.82) is 0 Å². The first-order chi connectivity index (χ1) is 13.4. The lowest BCUT2D eigenvalue weighted by Gasteiger charge is -2.26. The van der Waals surface area contributed by atoms with Crippen molar-refractivity contribution in [3.63, 3.8) is 0 Å². The molecular formula is C19H28N3O5P. The number of carbonyl (C=O) groups is 1. The Balaban J connectivity index is 1.69. The molecule has 1 aromatic heterocycles. The number of alkyl carbamates (subject to hydrolysis) is 1. The molecule has 1 saturated heterocycles. The number of likely N-dealkylation sites (N-methyl/N-ethyl adjacent to an activating group) is 1. The quantitative estimate of drug-likeness (QED) is 0.584. The molecule has 1 fully saturated rings. The second-order valence-electron chi connectivity index (χ2n) is 6.77. The largest absolute Gasteiger partial charge is 0.447 e. The van der Waals surface area contributed by atoms with E-state index in [9.17, 15) is 9.36 Å². The van der Waals surface area contributed by atoms with Crippen molar-refractivity contribution in [2.24, 2.45) is 0 Å². The molecule has 0 spiro atoms. The number of H-pyrrole nitrogens is 1. The Bertz CT molecular complexity index is 858. The number of hydrogen-bond donors (Lipinski definition) is 2. The van der Waals surface area contributed by atoms with Crippen LogP contribution in [-0.4, -0.2) is 55.2 Å². The minimum Gasteiger partial charge on any atom is -0.447 e. The van der Waals surface area contributed by atoms with Gasteiger partial charge in [0, 0.05) is 23.6 Å². The van der Waals surface area contributed by atoms with E-state index in [-0.39, 0.29) is 12.1 Å². The van der Waals surface area contributed by atoms with Crippen molar-refractivity contribution in [2.45, 2.75) is 32.7 Å². The van der Waals surface area contributed by atoms with Crippen LogP contribution < -0.4 is 5.32 Å². The van der Waals surface area contributed by atoms with E-state index >= 15 is 0 Å². The number of cyclic esters (lactones) is 1. The van der Waals surface area contributed by atoms with E-state index in [1.165, 1.54) is 0 Å². The zero-order valence-corrected chi connectivity index (χ0v) is 17.5. The normalized spacial score (nSPS) is 17.3. The topological polar surface area (TPSA) is 92.9 Å². The summed E-state index contributed by atoms with van der Waals surface area (Å²) in [5.74, 6) is 0. The standard InChI is InChI=1S/C19H28N3O5P/c1-4-26-28(24,27-5-2)22(3)9-8-15-12-20-18-7-6-14(11-17(15)18)10-16-13-25-19(23)21-16/h6-7,11-12,16,20H,4-5,8-10,13H2,1-3H3,(H,21,23). The number of benzene rings is 1. The van der Waals surface area contributed by atoms with Crippen LogP contribution in [0.2, 0.25) is 0 Å². The molecule has 8 nitrogen and oxygen atoms in total. The number of rotatable bonds is 10. The lowest BCUT2D eigenvalue weighted by molar-refractivity contribution is 0.176. The Labute approximate surface area is 165 Å². The van der Waals surface area contributed by atoms with Gasteiger partial charge in [-0.15, -0.1) is 0 Å². The van der Waals surface area contributed by atoms with Crippen molar-refractivity contribution < 1.29 is 23.1 Å². The van der Waals surface area contributed by atoms with Crippen LogP contribution in [0.1, 0.15) is 25.0 Å². The molecule has 0 bridgehead atoms. The van der Waals surface area contributed by atoms with Gasteiger partial charge in [0.1, 0.15) is 6.61 Å². The Morgan fingerprint density at radius 2 is 2.04 bits per heavy atom. The van der Waals surface area contributed by atoms with Crippen LogP contribution >= 0.6 is 7.75 Å². The molecule has 2 aromatic rings. The molecule has 9 heteroatoms. The lowest BCUT2D eigenvalue weighted by atomic mass is 10.0. The van der Waals surface area contributed by atoms with Crippen LogP contribution in [0, 0.1) is 0 Å². The summed E-state index contributed by atoms with van der Waals surface area (Å²) in [6, 6.07) is 6.23. The molecule has 2 heterocycles. The first kappa shape index (κ1) is 20.9. The van der Waals surface area contributed by atoms with Gasteiger partial charge in [0.05, 0.1) is 19.3 Å². The van der Waals surface area contributed by atoms with Crippen LogP contribution in [0.25, 0.3) is 10.9 Å². The van der Waals surface area contributed by atoms with Crippen LogP contribution in [0.15, 0.2) is 24.4 Å². The van der Waals surface area contributed by atoms with E-state index in [1.54, 1.807) is 25.6 Å². The van der Waals surface area contributed by atoms with Gasteiger partial charge < -0.3 is 15.0 Å². The van der Waals surface area contributed by atoms with Crippen molar-refractivity contribution >= 4 is 24.7 Å². The Kier molecular flexibility index (Phi) is 6.78. The fourth-order valence-electron chi connectivity index (χ4n) is 3.35. The van der Waals surface area contributed by atoms with E-state index in [0.717, 1.165) is 28.5 Å². The first-order valence-electron chi connectivity index (χ1n) is 9.58. The molecule has 3 rings (SSSR count). The summed E-state index contributed by atoms with van der Waals surface area (Å²) in [7, 11) is -1.50. The van der Waals surface area contributed by atoms with Crippen molar-refractivity contribution in [2.75, 3.05) is 33.4 Å². The third-order valence-electron chi connectivity index (χ3n) is 4.76. The molecule has 2 N–H and O–H groups in total. The summed E-state index contributed by atoms with van der Waals surface area (Å²) < 4.78 is 30.2. The average Bonchev–Trinajstić information content (AvgIpc) is 3.25. The van der Waals surface area contributed by atoms with E-state index in [0.29, 0.717) is 32.8 Å². The third-order valence-corrected chi connectivity index (χ3v) is 6.96. The molecule has 1 aliphatic rings. The maximum atomic E-state index is 12.8. The monoisotopic (exact) mass is 409 g/mol. The number of ether oxygens (including phenoxy) is 1. The summed E-state index contributed by atoms with van der Waals surface area (Å²) in [4.78, 5) is 14.5. The minimum absolute atomic E-state index is 0.00161. The van der Waals surface area contributed by atoms with Gasteiger partial charge in [0.2, 0.25) is 0 Å². The molecule has 28 heavy (non-hydrogen) atoms. The number of aromatic nitrogens is 1. The summed E-state index contributed by atoms with van der Waals surface area (Å²) in [5, 5.41) is 3.93. The van der Waals surface area contributed by atoms with E-state index in [1.807, 2.05) is 12.3 Å². The van der Waals surface area contributed by atoms with Gasteiger partial charge in [0.25, 0.3) is 0 Å². The highest BCUT2D eigenvalue weighted by Crippen LogP contribution is 2.50. The van der Waals surface area contributed by atoms with Crippen molar-refractivity contribution in [3.8, 4) is 0 Å². The number of aromatic amines is 1. The molecule has 0 saturated carbocycles. The smallest absolute Gasteiger partial charge is 0.407 e. The Hall–Kier alpha value is -1.86. The zero-order chi connectivity index (χ0) is 20.1. The lowest BCUT2D eigenvalue weighted by Crippen LogP contribution is -2.28. The maximum absolute atomic E-state index is 12.8. The third kappa shape index (κ3) is 4.75. The number of carbonyl (C=O) groups excluding carboxylic acids is 1. The molecule has 1 aromatic carbocycles. The molecule has 1 atom stereocenters. The van der Waals surface area contributed by atoms with Crippen molar-refractivity contribution in [3.05, 3.63) is 35.5 Å². The second-order valence-corrected chi connectivity index (χ2v) is 8.91. The summed E-state index contributed by atoms with van der Waals surface area (Å²) in [6.45, 7) is 5.21. The first-order valence-corrected chi connectivity index (χ1v) is 11.1. The summed E-state index contributed by atoms with van der Waals surface area (Å²) >= 11 is 0. The number of nitrogens with zero attached hydrogens (tertiary/aromatic N) is 1.